The molecule has 112 valence electrons. The molecular formula is C13H22N4O3. The third-order valence-electron chi connectivity index (χ3n) is 3.32. The molecule has 0 bridgehead atoms. The van der Waals surface area contributed by atoms with Crippen molar-refractivity contribution in [1.82, 2.24) is 20.4 Å². The molecule has 0 spiro atoms. The monoisotopic (exact) mass is 282 g/mol. The molecule has 0 fully saturated rings. The summed E-state index contributed by atoms with van der Waals surface area (Å²) in [4.78, 5) is 22.9. The number of hydrogen-bond acceptors (Lipinski definition) is 3. The summed E-state index contributed by atoms with van der Waals surface area (Å²) < 4.78 is 1.67. The van der Waals surface area contributed by atoms with Crippen LogP contribution in [0.1, 0.15) is 31.5 Å². The zero-order valence-electron chi connectivity index (χ0n) is 12.3. The van der Waals surface area contributed by atoms with Gasteiger partial charge in [-0.3, -0.25) is 4.68 Å². The molecule has 3 N–H and O–H groups in total. The molecule has 0 saturated heterocycles. The van der Waals surface area contributed by atoms with Crippen LogP contribution in [0.2, 0.25) is 0 Å². The highest BCUT2D eigenvalue weighted by Gasteiger charge is 2.25. The summed E-state index contributed by atoms with van der Waals surface area (Å²) in [6.45, 7) is 5.86. The average Bonchev–Trinajstić information content (AvgIpc) is 2.70. The van der Waals surface area contributed by atoms with Crippen LogP contribution in [-0.2, 0) is 18.4 Å². The molecule has 0 aliphatic rings. The van der Waals surface area contributed by atoms with Gasteiger partial charge in [-0.05, 0) is 12.8 Å². The Morgan fingerprint density at radius 2 is 2.15 bits per heavy atom. The SMILES string of the molecule is CCC(C)C(NC(=O)NCc1cn(C)nc1C)C(=O)O. The van der Waals surface area contributed by atoms with Crippen LogP contribution < -0.4 is 10.6 Å². The van der Waals surface area contributed by atoms with Crippen molar-refractivity contribution < 1.29 is 14.7 Å². The topological polar surface area (TPSA) is 96.3 Å². The number of hydrogen-bond donors (Lipinski definition) is 3. The van der Waals surface area contributed by atoms with Crippen molar-refractivity contribution in [3.63, 3.8) is 0 Å². The lowest BCUT2D eigenvalue weighted by atomic mass is 9.99. The van der Waals surface area contributed by atoms with Crippen LogP contribution in [-0.4, -0.2) is 32.9 Å². The minimum absolute atomic E-state index is 0.127. The fourth-order valence-electron chi connectivity index (χ4n) is 1.87. The third kappa shape index (κ3) is 4.25. The summed E-state index contributed by atoms with van der Waals surface area (Å²) in [6.07, 6.45) is 2.50. The zero-order valence-corrected chi connectivity index (χ0v) is 12.3. The highest BCUT2D eigenvalue weighted by atomic mass is 16.4. The van der Waals surface area contributed by atoms with Crippen molar-refractivity contribution in [3.8, 4) is 0 Å². The Balaban J connectivity index is 2.54. The first kappa shape index (κ1) is 16.0. The number of aromatic nitrogens is 2. The number of urea groups is 1. The lowest BCUT2D eigenvalue weighted by Crippen LogP contribution is -2.48. The fourth-order valence-corrected chi connectivity index (χ4v) is 1.87. The molecule has 0 aliphatic carbocycles. The second-order valence-corrected chi connectivity index (χ2v) is 4.94. The molecule has 1 aromatic rings. The number of carbonyl (C=O) groups excluding carboxylic acids is 1. The van der Waals surface area contributed by atoms with Gasteiger partial charge in [0.1, 0.15) is 6.04 Å². The van der Waals surface area contributed by atoms with Crippen LogP contribution in [0.5, 0.6) is 0 Å². The maximum absolute atomic E-state index is 11.8. The summed E-state index contributed by atoms with van der Waals surface area (Å²) in [5.41, 5.74) is 1.74. The minimum atomic E-state index is -1.02. The van der Waals surface area contributed by atoms with Crippen molar-refractivity contribution in [2.45, 2.75) is 39.8 Å². The number of rotatable bonds is 6. The smallest absolute Gasteiger partial charge is 0.326 e. The number of carboxylic acid groups (broad SMARTS) is 1. The Labute approximate surface area is 118 Å². The molecule has 2 atom stereocenters. The van der Waals surface area contributed by atoms with Crippen LogP contribution in [0.4, 0.5) is 4.79 Å². The van der Waals surface area contributed by atoms with Crippen molar-refractivity contribution >= 4 is 12.0 Å². The Morgan fingerprint density at radius 1 is 1.50 bits per heavy atom. The molecule has 2 unspecified atom stereocenters. The second-order valence-electron chi connectivity index (χ2n) is 4.94. The Morgan fingerprint density at radius 3 is 2.60 bits per heavy atom. The Hall–Kier alpha value is -2.05. The van der Waals surface area contributed by atoms with Crippen molar-refractivity contribution in [2.24, 2.45) is 13.0 Å². The van der Waals surface area contributed by atoms with E-state index in [0.29, 0.717) is 13.0 Å². The summed E-state index contributed by atoms with van der Waals surface area (Å²) in [6, 6.07) is -1.36. The van der Waals surface area contributed by atoms with E-state index in [1.807, 2.05) is 20.0 Å². The first-order valence-electron chi connectivity index (χ1n) is 6.61. The lowest BCUT2D eigenvalue weighted by molar-refractivity contribution is -0.140. The van der Waals surface area contributed by atoms with E-state index in [0.717, 1.165) is 11.3 Å². The van der Waals surface area contributed by atoms with Crippen LogP contribution in [0.3, 0.4) is 0 Å². The quantitative estimate of drug-likeness (QED) is 0.726. The molecule has 7 nitrogen and oxygen atoms in total. The summed E-state index contributed by atoms with van der Waals surface area (Å²) >= 11 is 0. The number of carbonyl (C=O) groups is 2. The van der Waals surface area contributed by atoms with E-state index in [4.69, 9.17) is 5.11 Å². The fraction of sp³-hybridized carbons (Fsp3) is 0.615. The predicted octanol–water partition coefficient (Wildman–Crippen LogP) is 1.03. The predicted molar refractivity (Wildman–Crippen MR) is 74.2 cm³/mol. The molecule has 2 amide bonds. The number of carboxylic acids is 1. The minimum Gasteiger partial charge on any atom is -0.480 e. The molecule has 0 saturated carbocycles. The molecule has 1 rings (SSSR count). The number of aryl methyl sites for hydroxylation is 2. The summed E-state index contributed by atoms with van der Waals surface area (Å²) in [5.74, 6) is -1.15. The van der Waals surface area contributed by atoms with Crippen molar-refractivity contribution in [1.29, 1.82) is 0 Å². The van der Waals surface area contributed by atoms with E-state index in [1.54, 1.807) is 18.7 Å². The van der Waals surface area contributed by atoms with E-state index < -0.39 is 18.0 Å². The maximum Gasteiger partial charge on any atom is 0.326 e. The Bertz CT molecular complexity index is 484. The van der Waals surface area contributed by atoms with Gasteiger partial charge >= 0.3 is 12.0 Å². The van der Waals surface area contributed by atoms with Gasteiger partial charge in [-0.1, -0.05) is 20.3 Å². The highest BCUT2D eigenvalue weighted by Crippen LogP contribution is 2.08. The number of aliphatic carboxylic acids is 1. The number of amides is 2. The lowest BCUT2D eigenvalue weighted by Gasteiger charge is -2.20. The van der Waals surface area contributed by atoms with Gasteiger partial charge < -0.3 is 15.7 Å². The number of nitrogens with zero attached hydrogens (tertiary/aromatic N) is 2. The van der Waals surface area contributed by atoms with Gasteiger partial charge in [0.15, 0.2) is 0 Å². The van der Waals surface area contributed by atoms with Crippen molar-refractivity contribution in [3.05, 3.63) is 17.5 Å². The molecule has 20 heavy (non-hydrogen) atoms. The first-order chi connectivity index (χ1) is 9.35. The Kier molecular flexibility index (Phi) is 5.54. The molecule has 1 aromatic heterocycles. The normalized spacial score (nSPS) is 13.6. The second kappa shape index (κ2) is 6.93. The van der Waals surface area contributed by atoms with Gasteiger partial charge in [0.25, 0.3) is 0 Å². The number of nitrogens with one attached hydrogen (secondary N) is 2. The van der Waals surface area contributed by atoms with E-state index in [1.165, 1.54) is 0 Å². The molecule has 0 aromatic carbocycles. The standard InChI is InChI=1S/C13H22N4O3/c1-5-8(2)11(12(18)19)15-13(20)14-6-10-7-17(4)16-9(10)3/h7-8,11H,5-6H2,1-4H3,(H,18,19)(H2,14,15,20). The van der Waals surface area contributed by atoms with E-state index in [-0.39, 0.29) is 5.92 Å². The van der Waals surface area contributed by atoms with E-state index in [2.05, 4.69) is 15.7 Å². The van der Waals surface area contributed by atoms with Gasteiger partial charge in [0.2, 0.25) is 0 Å². The van der Waals surface area contributed by atoms with Crippen LogP contribution >= 0.6 is 0 Å². The molecule has 1 heterocycles. The van der Waals surface area contributed by atoms with E-state index >= 15 is 0 Å². The van der Waals surface area contributed by atoms with Gasteiger partial charge in [0, 0.05) is 25.4 Å². The zero-order chi connectivity index (χ0) is 15.3. The first-order valence-corrected chi connectivity index (χ1v) is 6.61. The van der Waals surface area contributed by atoms with Gasteiger partial charge in [-0.15, -0.1) is 0 Å². The van der Waals surface area contributed by atoms with E-state index in [9.17, 15) is 9.59 Å². The largest absolute Gasteiger partial charge is 0.480 e. The van der Waals surface area contributed by atoms with Gasteiger partial charge in [-0.2, -0.15) is 5.10 Å². The molecule has 0 radical (unpaired) electrons. The highest BCUT2D eigenvalue weighted by molar-refractivity contribution is 5.82. The van der Waals surface area contributed by atoms with Crippen molar-refractivity contribution in [2.75, 3.05) is 0 Å². The van der Waals surface area contributed by atoms with Crippen LogP contribution in [0.15, 0.2) is 6.20 Å². The molecular weight excluding hydrogens is 260 g/mol. The average molecular weight is 282 g/mol. The van der Waals surface area contributed by atoms with Gasteiger partial charge in [-0.25, -0.2) is 9.59 Å². The van der Waals surface area contributed by atoms with Crippen LogP contribution in [0, 0.1) is 12.8 Å². The summed E-state index contributed by atoms with van der Waals surface area (Å²) in [5, 5.41) is 18.4. The van der Waals surface area contributed by atoms with Crippen LogP contribution in [0.25, 0.3) is 0 Å². The maximum atomic E-state index is 11.8. The third-order valence-corrected chi connectivity index (χ3v) is 3.32. The van der Waals surface area contributed by atoms with Gasteiger partial charge in [0.05, 0.1) is 5.69 Å². The molecule has 7 heteroatoms. The molecule has 0 aliphatic heterocycles. The summed E-state index contributed by atoms with van der Waals surface area (Å²) in [7, 11) is 1.81.